The molecule has 9 aromatic rings. The minimum atomic E-state index is -0.000752. The molecule has 8 aromatic carbocycles. The lowest BCUT2D eigenvalue weighted by molar-refractivity contribution is 0.660. The van der Waals surface area contributed by atoms with Gasteiger partial charge in [-0.15, -0.1) is 0 Å². The molecule has 1 aliphatic rings. The van der Waals surface area contributed by atoms with Gasteiger partial charge in [-0.25, -0.2) is 9.97 Å². The Bertz CT molecular complexity index is 2770. The molecule has 270 valence electrons. The van der Waals surface area contributed by atoms with Crippen LogP contribution in [0.25, 0.3) is 89.5 Å². The van der Waals surface area contributed by atoms with Crippen molar-refractivity contribution in [2.75, 3.05) is 0 Å². The van der Waals surface area contributed by atoms with Crippen LogP contribution >= 0.6 is 0 Å². The van der Waals surface area contributed by atoms with Crippen molar-refractivity contribution >= 4 is 0 Å². The fourth-order valence-electron chi connectivity index (χ4n) is 8.39. The first-order chi connectivity index (χ1) is 28.0. The third-order valence-corrected chi connectivity index (χ3v) is 11.6. The molecule has 2 heteroatoms. The first kappa shape index (κ1) is 34.3. The standard InChI is InChI=1S/C55H40N2/c1-55(2)50-19-10-9-18-48(50)49-35-47(32-33-51(49)55)46-17-11-16-45(34-46)41-22-28-43(29-23-41)53-36-52(42-26-20-39(21-27-42)37-12-5-3-6-13-37)56-54(57-53)44-30-24-40(25-31-44)38-14-7-4-8-15-38/h3-36H,1-2H3. The van der Waals surface area contributed by atoms with E-state index in [0.29, 0.717) is 5.82 Å². The molecule has 0 radical (unpaired) electrons. The molecule has 0 bridgehead atoms. The van der Waals surface area contributed by atoms with Crippen LogP contribution in [-0.4, -0.2) is 9.97 Å². The molecule has 0 N–H and O–H groups in total. The van der Waals surface area contributed by atoms with Gasteiger partial charge in [0, 0.05) is 22.1 Å². The molecule has 57 heavy (non-hydrogen) atoms. The van der Waals surface area contributed by atoms with Crippen LogP contribution < -0.4 is 0 Å². The highest BCUT2D eigenvalue weighted by molar-refractivity contribution is 5.85. The van der Waals surface area contributed by atoms with E-state index in [1.165, 1.54) is 55.6 Å². The maximum atomic E-state index is 5.17. The maximum Gasteiger partial charge on any atom is 0.160 e. The topological polar surface area (TPSA) is 25.8 Å². The Morgan fingerprint density at radius 2 is 0.667 bits per heavy atom. The van der Waals surface area contributed by atoms with Crippen LogP contribution in [0.5, 0.6) is 0 Å². The summed E-state index contributed by atoms with van der Waals surface area (Å²) in [5.74, 6) is 0.700. The van der Waals surface area contributed by atoms with Gasteiger partial charge in [0.2, 0.25) is 0 Å². The molecule has 1 aromatic heterocycles. The van der Waals surface area contributed by atoms with Crippen LogP contribution in [-0.2, 0) is 5.41 Å². The zero-order valence-corrected chi connectivity index (χ0v) is 32.0. The summed E-state index contributed by atoms with van der Waals surface area (Å²) in [6.45, 7) is 4.66. The van der Waals surface area contributed by atoms with Crippen molar-refractivity contribution < 1.29 is 0 Å². The maximum absolute atomic E-state index is 5.17. The van der Waals surface area contributed by atoms with Crippen molar-refractivity contribution in [2.45, 2.75) is 19.3 Å². The van der Waals surface area contributed by atoms with Gasteiger partial charge >= 0.3 is 0 Å². The summed E-state index contributed by atoms with van der Waals surface area (Å²) in [6.07, 6.45) is 0. The number of benzene rings is 8. The van der Waals surface area contributed by atoms with Crippen molar-refractivity contribution in [1.29, 1.82) is 0 Å². The fourth-order valence-corrected chi connectivity index (χ4v) is 8.39. The largest absolute Gasteiger partial charge is 0.228 e. The van der Waals surface area contributed by atoms with Crippen molar-refractivity contribution in [3.63, 3.8) is 0 Å². The molecule has 10 rings (SSSR count). The second-order valence-corrected chi connectivity index (χ2v) is 15.4. The van der Waals surface area contributed by atoms with Crippen LogP contribution in [0, 0.1) is 0 Å². The van der Waals surface area contributed by atoms with E-state index in [1.807, 2.05) is 12.1 Å². The summed E-state index contributed by atoms with van der Waals surface area (Å²) in [5, 5.41) is 0. The molecule has 0 atom stereocenters. The summed E-state index contributed by atoms with van der Waals surface area (Å²) in [4.78, 5) is 10.3. The Morgan fingerprint density at radius 3 is 1.25 bits per heavy atom. The van der Waals surface area contributed by atoms with Crippen LogP contribution in [0.3, 0.4) is 0 Å². The van der Waals surface area contributed by atoms with Crippen molar-refractivity contribution in [2.24, 2.45) is 0 Å². The first-order valence-corrected chi connectivity index (χ1v) is 19.6. The Balaban J connectivity index is 0.988. The van der Waals surface area contributed by atoms with Gasteiger partial charge in [0.05, 0.1) is 11.4 Å². The SMILES string of the molecule is CC1(C)c2ccccc2-c2cc(-c3cccc(-c4ccc(-c5cc(-c6ccc(-c7ccccc7)cc6)nc(-c6ccc(-c7ccccc7)cc6)n5)cc4)c3)ccc21. The van der Waals surface area contributed by atoms with E-state index in [-0.39, 0.29) is 5.41 Å². The lowest BCUT2D eigenvalue weighted by Crippen LogP contribution is -2.14. The van der Waals surface area contributed by atoms with Gasteiger partial charge in [0.15, 0.2) is 5.82 Å². The van der Waals surface area contributed by atoms with E-state index in [4.69, 9.17) is 9.97 Å². The smallest absolute Gasteiger partial charge is 0.160 e. The molecule has 0 unspecified atom stereocenters. The fraction of sp³-hybridized carbons (Fsp3) is 0.0545. The molecule has 2 nitrogen and oxygen atoms in total. The molecule has 0 amide bonds. The highest BCUT2D eigenvalue weighted by Crippen LogP contribution is 2.49. The average molecular weight is 729 g/mol. The van der Waals surface area contributed by atoms with Gasteiger partial charge in [0.1, 0.15) is 0 Å². The first-order valence-electron chi connectivity index (χ1n) is 19.6. The van der Waals surface area contributed by atoms with Crippen molar-refractivity contribution in [3.05, 3.63) is 217 Å². The minimum absolute atomic E-state index is 0.000752. The summed E-state index contributed by atoms with van der Waals surface area (Å²) >= 11 is 0. The van der Waals surface area contributed by atoms with E-state index in [1.54, 1.807) is 0 Å². The van der Waals surface area contributed by atoms with Crippen LogP contribution in [0.4, 0.5) is 0 Å². The van der Waals surface area contributed by atoms with E-state index < -0.39 is 0 Å². The van der Waals surface area contributed by atoms with Gasteiger partial charge in [-0.05, 0) is 85.0 Å². The van der Waals surface area contributed by atoms with E-state index in [0.717, 1.165) is 39.2 Å². The lowest BCUT2D eigenvalue weighted by atomic mass is 9.82. The van der Waals surface area contributed by atoms with Gasteiger partial charge in [0.25, 0.3) is 0 Å². The predicted octanol–water partition coefficient (Wildman–Crippen LogP) is 14.5. The van der Waals surface area contributed by atoms with Gasteiger partial charge in [-0.1, -0.05) is 202 Å². The lowest BCUT2D eigenvalue weighted by Gasteiger charge is -2.21. The highest BCUT2D eigenvalue weighted by Gasteiger charge is 2.35. The number of aromatic nitrogens is 2. The Hall–Kier alpha value is -7.16. The average Bonchev–Trinajstić information content (AvgIpc) is 3.52. The second-order valence-electron chi connectivity index (χ2n) is 15.4. The van der Waals surface area contributed by atoms with Crippen LogP contribution in [0.1, 0.15) is 25.0 Å². The third kappa shape index (κ3) is 6.46. The molecule has 0 saturated carbocycles. The van der Waals surface area contributed by atoms with Crippen LogP contribution in [0.15, 0.2) is 206 Å². The molecule has 0 aliphatic heterocycles. The number of rotatable bonds is 7. The number of hydrogen-bond acceptors (Lipinski definition) is 2. The van der Waals surface area contributed by atoms with E-state index in [2.05, 4.69) is 208 Å². The molecular weight excluding hydrogens is 689 g/mol. The highest BCUT2D eigenvalue weighted by atomic mass is 14.9. The van der Waals surface area contributed by atoms with Gasteiger partial charge in [-0.3, -0.25) is 0 Å². The summed E-state index contributed by atoms with van der Waals surface area (Å²) in [5.41, 5.74) is 19.8. The van der Waals surface area contributed by atoms with Gasteiger partial charge < -0.3 is 0 Å². The number of hydrogen-bond donors (Lipinski definition) is 0. The molecular formula is C55H40N2. The van der Waals surface area contributed by atoms with Crippen LogP contribution in [0.2, 0.25) is 0 Å². The molecule has 0 fully saturated rings. The minimum Gasteiger partial charge on any atom is -0.228 e. The zero-order valence-electron chi connectivity index (χ0n) is 32.0. The normalized spacial score (nSPS) is 12.5. The molecule has 1 aliphatic carbocycles. The third-order valence-electron chi connectivity index (χ3n) is 11.6. The second kappa shape index (κ2) is 14.2. The summed E-state index contributed by atoms with van der Waals surface area (Å²) < 4.78 is 0. The van der Waals surface area contributed by atoms with Crippen molar-refractivity contribution in [3.8, 4) is 89.5 Å². The summed E-state index contributed by atoms with van der Waals surface area (Å²) in [6, 6.07) is 73.8. The molecule has 1 heterocycles. The van der Waals surface area contributed by atoms with E-state index >= 15 is 0 Å². The van der Waals surface area contributed by atoms with Crippen molar-refractivity contribution in [1.82, 2.24) is 9.97 Å². The monoisotopic (exact) mass is 728 g/mol. The zero-order chi connectivity index (χ0) is 38.3. The number of fused-ring (bicyclic) bond motifs is 3. The van der Waals surface area contributed by atoms with Gasteiger partial charge in [-0.2, -0.15) is 0 Å². The molecule has 0 spiro atoms. The predicted molar refractivity (Wildman–Crippen MR) is 238 cm³/mol. The summed E-state index contributed by atoms with van der Waals surface area (Å²) in [7, 11) is 0. The Labute approximate surface area is 334 Å². The van der Waals surface area contributed by atoms with E-state index in [9.17, 15) is 0 Å². The Morgan fingerprint density at radius 1 is 0.281 bits per heavy atom. The quantitative estimate of drug-likeness (QED) is 0.163. The Kier molecular flexibility index (Phi) is 8.53. The number of nitrogens with zero attached hydrogens (tertiary/aromatic N) is 2. The molecule has 0 saturated heterocycles.